The van der Waals surface area contributed by atoms with Crippen LogP contribution in [0.15, 0.2) is 0 Å². The van der Waals surface area contributed by atoms with Gasteiger partial charge in [0.05, 0.1) is 5.92 Å². The van der Waals surface area contributed by atoms with Gasteiger partial charge in [0.2, 0.25) is 5.91 Å². The largest absolute Gasteiger partial charge is 0.369 e. The highest BCUT2D eigenvalue weighted by Gasteiger charge is 2.29. The molecule has 1 fully saturated rings. The van der Waals surface area contributed by atoms with Crippen LogP contribution in [0.5, 0.6) is 0 Å². The van der Waals surface area contributed by atoms with E-state index in [9.17, 15) is 4.79 Å². The lowest BCUT2D eigenvalue weighted by Crippen LogP contribution is -2.37. The Bertz CT molecular complexity index is 136. The molecule has 0 saturated heterocycles. The maximum Gasteiger partial charge on any atom is 0.222 e. The number of carbonyl (C=O) groups is 1. The number of nitrogens with one attached hydrogen (secondary N) is 1. The average molecular weight is 142 g/mol. The quantitative estimate of drug-likeness (QED) is 0.564. The zero-order chi connectivity index (χ0) is 7.56. The molecule has 0 aliphatic heterocycles. The summed E-state index contributed by atoms with van der Waals surface area (Å²) in [5.41, 5.74) is 5.18. The van der Waals surface area contributed by atoms with E-state index in [4.69, 9.17) is 5.73 Å². The Balaban J connectivity index is 2.50. The SMILES string of the molecule is CN[C@@H]1CCC[C@H]1C(N)=O. The fourth-order valence-corrected chi connectivity index (χ4v) is 1.65. The van der Waals surface area contributed by atoms with Gasteiger partial charge in [0.25, 0.3) is 0 Å². The summed E-state index contributed by atoms with van der Waals surface area (Å²) < 4.78 is 0. The summed E-state index contributed by atoms with van der Waals surface area (Å²) in [6.07, 6.45) is 3.17. The van der Waals surface area contributed by atoms with E-state index in [1.54, 1.807) is 0 Å². The Labute approximate surface area is 61.0 Å². The third-order valence-corrected chi connectivity index (χ3v) is 2.25. The first-order chi connectivity index (χ1) is 4.75. The van der Waals surface area contributed by atoms with Gasteiger partial charge in [0.1, 0.15) is 0 Å². The molecular weight excluding hydrogens is 128 g/mol. The number of primary amides is 1. The Morgan fingerprint density at radius 3 is 2.70 bits per heavy atom. The molecule has 0 aromatic rings. The van der Waals surface area contributed by atoms with Crippen LogP contribution in [0.4, 0.5) is 0 Å². The lowest BCUT2D eigenvalue weighted by molar-refractivity contribution is -0.122. The number of amides is 1. The van der Waals surface area contributed by atoms with Crippen LogP contribution in [0.1, 0.15) is 19.3 Å². The predicted molar refractivity (Wildman–Crippen MR) is 39.4 cm³/mol. The van der Waals surface area contributed by atoms with Crippen molar-refractivity contribution in [3.8, 4) is 0 Å². The lowest BCUT2D eigenvalue weighted by Gasteiger charge is -2.14. The smallest absolute Gasteiger partial charge is 0.222 e. The molecule has 0 unspecified atom stereocenters. The average Bonchev–Trinajstić information content (AvgIpc) is 2.33. The van der Waals surface area contributed by atoms with E-state index in [1.165, 1.54) is 0 Å². The summed E-state index contributed by atoms with van der Waals surface area (Å²) in [6, 6.07) is 0.331. The van der Waals surface area contributed by atoms with E-state index >= 15 is 0 Å². The summed E-state index contributed by atoms with van der Waals surface area (Å²) in [5, 5.41) is 3.09. The molecule has 58 valence electrons. The van der Waals surface area contributed by atoms with Gasteiger partial charge in [-0.2, -0.15) is 0 Å². The van der Waals surface area contributed by atoms with Crippen LogP contribution < -0.4 is 11.1 Å². The molecule has 0 aromatic carbocycles. The van der Waals surface area contributed by atoms with Gasteiger partial charge in [-0.25, -0.2) is 0 Å². The summed E-state index contributed by atoms with van der Waals surface area (Å²) in [7, 11) is 1.88. The Kier molecular flexibility index (Phi) is 2.27. The van der Waals surface area contributed by atoms with Gasteiger partial charge in [-0.1, -0.05) is 6.42 Å². The molecule has 1 saturated carbocycles. The van der Waals surface area contributed by atoms with Crippen LogP contribution in [0.3, 0.4) is 0 Å². The highest BCUT2D eigenvalue weighted by molar-refractivity contribution is 5.77. The summed E-state index contributed by atoms with van der Waals surface area (Å²) in [6.45, 7) is 0. The zero-order valence-electron chi connectivity index (χ0n) is 6.26. The highest BCUT2D eigenvalue weighted by Crippen LogP contribution is 2.24. The molecule has 1 aliphatic rings. The van der Waals surface area contributed by atoms with Crippen LogP contribution in [0, 0.1) is 5.92 Å². The number of nitrogens with two attached hydrogens (primary N) is 1. The van der Waals surface area contributed by atoms with Crippen molar-refractivity contribution in [2.24, 2.45) is 11.7 Å². The van der Waals surface area contributed by atoms with Crippen LogP contribution in [0.2, 0.25) is 0 Å². The molecule has 1 amide bonds. The first-order valence-electron chi connectivity index (χ1n) is 3.72. The van der Waals surface area contributed by atoms with E-state index in [2.05, 4.69) is 5.32 Å². The number of rotatable bonds is 2. The van der Waals surface area contributed by atoms with Gasteiger partial charge in [-0.15, -0.1) is 0 Å². The Morgan fingerprint density at radius 1 is 1.60 bits per heavy atom. The molecule has 3 heteroatoms. The van der Waals surface area contributed by atoms with Crippen molar-refractivity contribution < 1.29 is 4.79 Å². The van der Waals surface area contributed by atoms with Crippen molar-refractivity contribution in [2.45, 2.75) is 25.3 Å². The van der Waals surface area contributed by atoms with Crippen molar-refractivity contribution in [3.05, 3.63) is 0 Å². The van der Waals surface area contributed by atoms with E-state index in [1.807, 2.05) is 7.05 Å². The third kappa shape index (κ3) is 1.29. The van der Waals surface area contributed by atoms with E-state index in [0.717, 1.165) is 19.3 Å². The van der Waals surface area contributed by atoms with Crippen molar-refractivity contribution in [2.75, 3.05) is 7.05 Å². The second-order valence-corrected chi connectivity index (χ2v) is 2.83. The van der Waals surface area contributed by atoms with Gasteiger partial charge < -0.3 is 11.1 Å². The fourth-order valence-electron chi connectivity index (χ4n) is 1.65. The molecule has 10 heavy (non-hydrogen) atoms. The second kappa shape index (κ2) is 3.01. The lowest BCUT2D eigenvalue weighted by atomic mass is 10.0. The van der Waals surface area contributed by atoms with E-state index in [0.29, 0.717) is 6.04 Å². The van der Waals surface area contributed by atoms with Crippen LogP contribution >= 0.6 is 0 Å². The second-order valence-electron chi connectivity index (χ2n) is 2.83. The molecule has 0 radical (unpaired) electrons. The minimum atomic E-state index is -0.156. The molecule has 0 spiro atoms. The normalized spacial score (nSPS) is 32.5. The van der Waals surface area contributed by atoms with Crippen LogP contribution in [-0.4, -0.2) is 19.0 Å². The summed E-state index contributed by atoms with van der Waals surface area (Å²) in [4.78, 5) is 10.8. The molecule has 3 nitrogen and oxygen atoms in total. The maximum atomic E-state index is 10.8. The molecule has 2 atom stereocenters. The van der Waals surface area contributed by atoms with Crippen molar-refractivity contribution in [3.63, 3.8) is 0 Å². The first-order valence-corrected chi connectivity index (χ1v) is 3.72. The molecular formula is C7H14N2O. The minimum Gasteiger partial charge on any atom is -0.369 e. The van der Waals surface area contributed by atoms with E-state index < -0.39 is 0 Å². The third-order valence-electron chi connectivity index (χ3n) is 2.25. The monoisotopic (exact) mass is 142 g/mol. The van der Waals surface area contributed by atoms with Crippen molar-refractivity contribution >= 4 is 5.91 Å². The van der Waals surface area contributed by atoms with Gasteiger partial charge in [-0.05, 0) is 19.9 Å². The summed E-state index contributed by atoms with van der Waals surface area (Å²) >= 11 is 0. The molecule has 0 aromatic heterocycles. The zero-order valence-corrected chi connectivity index (χ0v) is 6.26. The fraction of sp³-hybridized carbons (Fsp3) is 0.857. The van der Waals surface area contributed by atoms with Crippen molar-refractivity contribution in [1.82, 2.24) is 5.32 Å². The van der Waals surface area contributed by atoms with Crippen LogP contribution in [-0.2, 0) is 4.79 Å². The molecule has 0 bridgehead atoms. The van der Waals surface area contributed by atoms with Crippen molar-refractivity contribution in [1.29, 1.82) is 0 Å². The van der Waals surface area contributed by atoms with Crippen LogP contribution in [0.25, 0.3) is 0 Å². The number of hydrogen-bond donors (Lipinski definition) is 2. The number of hydrogen-bond acceptors (Lipinski definition) is 2. The number of carbonyl (C=O) groups excluding carboxylic acids is 1. The molecule has 0 heterocycles. The Morgan fingerprint density at radius 2 is 2.30 bits per heavy atom. The Hall–Kier alpha value is -0.570. The van der Waals surface area contributed by atoms with Gasteiger partial charge in [0, 0.05) is 6.04 Å². The van der Waals surface area contributed by atoms with Gasteiger partial charge in [-0.3, -0.25) is 4.79 Å². The minimum absolute atomic E-state index is 0.0741. The topological polar surface area (TPSA) is 55.1 Å². The maximum absolute atomic E-state index is 10.8. The predicted octanol–water partition coefficient (Wildman–Crippen LogP) is -0.140. The first kappa shape index (κ1) is 7.54. The van der Waals surface area contributed by atoms with Gasteiger partial charge in [0.15, 0.2) is 0 Å². The van der Waals surface area contributed by atoms with E-state index in [-0.39, 0.29) is 11.8 Å². The molecule has 3 N–H and O–H groups in total. The standard InChI is InChI=1S/C7H14N2O/c1-9-6-4-2-3-5(6)7(8)10/h5-6,9H,2-4H2,1H3,(H2,8,10)/t5-,6-/m1/s1. The molecule has 1 rings (SSSR count). The summed E-state index contributed by atoms with van der Waals surface area (Å²) in [5.74, 6) is -0.0816. The molecule has 1 aliphatic carbocycles. The highest BCUT2D eigenvalue weighted by atomic mass is 16.1. The van der Waals surface area contributed by atoms with Gasteiger partial charge >= 0.3 is 0 Å².